The average molecular weight is 1090 g/mol. The number of Topliss-reactive ketones (excluding diaryl/α,β-unsaturated/α-hetero) is 2. The molecule has 0 aliphatic heterocycles. The van der Waals surface area contributed by atoms with E-state index in [1.165, 1.54) is 73.7 Å². The van der Waals surface area contributed by atoms with Gasteiger partial charge in [-0.25, -0.2) is 22.4 Å². The van der Waals surface area contributed by atoms with Crippen molar-refractivity contribution in [1.29, 1.82) is 0 Å². The standard InChI is InChI=1S/C39H39FN2O10S.C15H14F3NO5/c1-4-32(44)37-30-18-29(24-9-10-24)31(19-35(30)52-38(37)25-11-13-27(40)14-12-25)42(53(3,49)50)22-28(43)15-16-36(47)41-21-23-7-6-8-26(17-23)33(45)20-34(46)39(48)51-5-2;1-2-24-13(22)12(21)7-11(20)10-5-3-4-9(6-10)8-19-14(23)15(16,17)18/h6-8,11-14,17-20,24,45H,4-5,9-10,15-16,21-22H2,1-3H3,(H,41,47);3-7,20H,2,8H2,1H3,(H,19,23). The fourth-order valence-corrected chi connectivity index (χ4v) is 8.30. The summed E-state index contributed by atoms with van der Waals surface area (Å²) in [5.41, 5.74) is 3.06. The van der Waals surface area contributed by atoms with Crippen molar-refractivity contribution in [3.05, 3.63) is 136 Å². The molecule has 4 aromatic carbocycles. The lowest BCUT2D eigenvalue weighted by Crippen LogP contribution is -2.36. The Kier molecular flexibility index (Phi) is 20.3. The number of esters is 2. The van der Waals surface area contributed by atoms with Gasteiger partial charge in [0, 0.05) is 72.6 Å². The first kappa shape index (κ1) is 59.4. The number of ketones is 4. The number of carbonyl (C=O) groups is 8. The van der Waals surface area contributed by atoms with Crippen LogP contribution in [0.4, 0.5) is 23.2 Å². The second-order valence-corrected chi connectivity index (χ2v) is 19.1. The van der Waals surface area contributed by atoms with Crippen LogP contribution in [-0.2, 0) is 66.1 Å². The van der Waals surface area contributed by atoms with E-state index in [1.807, 2.05) is 0 Å². The van der Waals surface area contributed by atoms with Crippen LogP contribution in [0.15, 0.2) is 101 Å². The zero-order valence-corrected chi connectivity index (χ0v) is 42.8. The number of nitrogens with zero attached hydrogens (tertiary/aromatic N) is 1. The highest BCUT2D eigenvalue weighted by Crippen LogP contribution is 2.48. The molecule has 0 spiro atoms. The van der Waals surface area contributed by atoms with E-state index in [9.17, 15) is 74.5 Å². The molecule has 18 nitrogen and oxygen atoms in total. The van der Waals surface area contributed by atoms with E-state index in [2.05, 4.69) is 14.8 Å². The molecule has 0 atom stereocenters. The number of amides is 2. The van der Waals surface area contributed by atoms with Crippen LogP contribution >= 0.6 is 0 Å². The van der Waals surface area contributed by atoms with Gasteiger partial charge in [0.05, 0.1) is 37.3 Å². The van der Waals surface area contributed by atoms with Crippen molar-refractivity contribution in [1.82, 2.24) is 10.6 Å². The Balaban J connectivity index is 0.000000382. The van der Waals surface area contributed by atoms with E-state index in [0.29, 0.717) is 33.7 Å². The minimum atomic E-state index is -4.99. The monoisotopic (exact) mass is 1090 g/mol. The van der Waals surface area contributed by atoms with Crippen molar-refractivity contribution in [3.8, 4) is 11.3 Å². The number of ether oxygens (including phenoxy) is 2. The Labute approximate surface area is 438 Å². The van der Waals surface area contributed by atoms with Crippen molar-refractivity contribution in [2.24, 2.45) is 0 Å². The van der Waals surface area contributed by atoms with Crippen molar-refractivity contribution >= 4 is 85.1 Å². The number of alkyl halides is 3. The smallest absolute Gasteiger partial charge is 0.471 e. The Morgan fingerprint density at radius 3 is 1.77 bits per heavy atom. The van der Waals surface area contributed by atoms with Gasteiger partial charge in [-0.15, -0.1) is 0 Å². The molecule has 23 heteroatoms. The summed E-state index contributed by atoms with van der Waals surface area (Å²) in [6.45, 7) is 3.82. The number of aliphatic hydroxyl groups excluding tert-OH is 2. The third-order valence-corrected chi connectivity index (χ3v) is 12.4. The molecular weight excluding hydrogens is 1040 g/mol. The van der Waals surface area contributed by atoms with E-state index >= 15 is 0 Å². The summed E-state index contributed by atoms with van der Waals surface area (Å²) in [6.07, 6.45) is -1.36. The normalized spacial score (nSPS) is 12.7. The van der Waals surface area contributed by atoms with Gasteiger partial charge in [0.2, 0.25) is 15.9 Å². The van der Waals surface area contributed by atoms with Crippen LogP contribution in [0.5, 0.6) is 0 Å². The highest BCUT2D eigenvalue weighted by atomic mass is 32.2. The minimum absolute atomic E-state index is 0.00207. The Bertz CT molecular complexity index is 3250. The highest BCUT2D eigenvalue weighted by molar-refractivity contribution is 7.92. The van der Waals surface area contributed by atoms with Crippen LogP contribution in [0.2, 0.25) is 0 Å². The van der Waals surface area contributed by atoms with Crippen molar-refractivity contribution < 1.29 is 88.4 Å². The molecule has 0 bridgehead atoms. The van der Waals surface area contributed by atoms with Gasteiger partial charge in [-0.2, -0.15) is 13.2 Å². The largest absolute Gasteiger partial charge is 0.507 e. The number of hydrogen-bond donors (Lipinski definition) is 4. The third-order valence-electron chi connectivity index (χ3n) is 11.3. The van der Waals surface area contributed by atoms with E-state index in [1.54, 1.807) is 37.4 Å². The number of carbonyl (C=O) groups excluding carboxylic acids is 8. The molecular formula is C54H53F4N3O15S. The first-order valence-corrected chi connectivity index (χ1v) is 25.6. The highest BCUT2D eigenvalue weighted by Gasteiger charge is 2.38. The van der Waals surface area contributed by atoms with Crippen LogP contribution in [0.25, 0.3) is 33.8 Å². The van der Waals surface area contributed by atoms with Crippen LogP contribution in [0.1, 0.15) is 97.0 Å². The summed E-state index contributed by atoms with van der Waals surface area (Å²) < 4.78 is 92.6. The number of halogens is 4. The van der Waals surface area contributed by atoms with Crippen LogP contribution in [-0.4, -0.2) is 97.7 Å². The first-order valence-electron chi connectivity index (χ1n) is 23.8. The zero-order valence-electron chi connectivity index (χ0n) is 42.0. The average Bonchev–Trinajstić information content (AvgIpc) is 4.23. The number of aliphatic hydroxyl groups is 2. The Morgan fingerprint density at radius 2 is 1.29 bits per heavy atom. The summed E-state index contributed by atoms with van der Waals surface area (Å²) >= 11 is 0. The SMILES string of the molecule is CCOC(=O)C(=O)C=C(O)c1cccc(CNC(=O)C(F)(F)F)c1.CCOC(=O)C(=O)C=C(O)c1cccc(CNC(=O)CCC(=O)CN(c2cc3oc(-c4ccc(F)cc4)c(C(=O)CC)c3cc2C2CC2)S(C)(=O)=O)c1. The summed E-state index contributed by atoms with van der Waals surface area (Å²) in [6, 6.07) is 20.5. The second kappa shape index (κ2) is 26.3. The number of anilines is 1. The quantitative estimate of drug-likeness (QED) is 0.0120. The number of nitrogens with one attached hydrogen (secondary N) is 2. The first-order chi connectivity index (χ1) is 36.3. The Hall–Kier alpha value is -8.47. The van der Waals surface area contributed by atoms with E-state index in [0.717, 1.165) is 29.5 Å². The molecule has 1 fully saturated rings. The molecule has 5 aromatic rings. The zero-order chi connectivity index (χ0) is 56.8. The van der Waals surface area contributed by atoms with Gasteiger partial charge in [-0.05, 0) is 91.8 Å². The second-order valence-electron chi connectivity index (χ2n) is 17.2. The van der Waals surface area contributed by atoms with Gasteiger partial charge in [-0.1, -0.05) is 43.3 Å². The number of rotatable bonds is 23. The molecule has 4 N–H and O–H groups in total. The molecule has 77 heavy (non-hydrogen) atoms. The molecule has 1 saturated carbocycles. The number of sulfonamides is 1. The van der Waals surface area contributed by atoms with Crippen molar-refractivity contribution in [2.45, 2.75) is 78.1 Å². The maximum absolute atomic E-state index is 13.7. The molecule has 2 amide bonds. The maximum Gasteiger partial charge on any atom is 0.471 e. The van der Waals surface area contributed by atoms with Gasteiger partial charge in [0.25, 0.3) is 11.6 Å². The lowest BCUT2D eigenvalue weighted by molar-refractivity contribution is -0.173. The molecule has 0 saturated heterocycles. The Morgan fingerprint density at radius 1 is 0.753 bits per heavy atom. The van der Waals surface area contributed by atoms with Crippen molar-refractivity contribution in [2.75, 3.05) is 30.3 Å². The van der Waals surface area contributed by atoms with Crippen LogP contribution in [0.3, 0.4) is 0 Å². The van der Waals surface area contributed by atoms with Crippen LogP contribution in [0, 0.1) is 5.82 Å². The van der Waals surface area contributed by atoms with Crippen LogP contribution < -0.4 is 14.9 Å². The molecule has 1 aliphatic carbocycles. The molecule has 408 valence electrons. The van der Waals surface area contributed by atoms with Gasteiger partial charge in [0.15, 0.2) is 11.6 Å². The summed E-state index contributed by atoms with van der Waals surface area (Å²) in [5, 5.41) is 25.0. The van der Waals surface area contributed by atoms with E-state index < -0.39 is 87.7 Å². The molecule has 1 heterocycles. The molecule has 0 unspecified atom stereocenters. The van der Waals surface area contributed by atoms with Gasteiger partial charge >= 0.3 is 24.0 Å². The predicted octanol–water partition coefficient (Wildman–Crippen LogP) is 8.07. The molecule has 1 aromatic heterocycles. The van der Waals surface area contributed by atoms with Gasteiger partial charge in [0.1, 0.15) is 28.7 Å². The number of fused-ring (bicyclic) bond motifs is 1. The number of benzene rings is 4. The fraction of sp³-hybridized carbons (Fsp3) is 0.296. The molecule has 1 aliphatic rings. The molecule has 0 radical (unpaired) electrons. The topological polar surface area (TPSA) is 270 Å². The van der Waals surface area contributed by atoms with Crippen molar-refractivity contribution in [3.63, 3.8) is 0 Å². The van der Waals surface area contributed by atoms with Gasteiger partial charge in [-0.3, -0.25) is 33.1 Å². The minimum Gasteiger partial charge on any atom is -0.507 e. The number of furan rings is 1. The molecule has 6 rings (SSSR count). The summed E-state index contributed by atoms with van der Waals surface area (Å²) in [7, 11) is -4.01. The third kappa shape index (κ3) is 16.8. The fourth-order valence-electron chi connectivity index (χ4n) is 7.41. The summed E-state index contributed by atoms with van der Waals surface area (Å²) in [5.74, 6) is -8.87. The lowest BCUT2D eigenvalue weighted by atomic mass is 9.97. The van der Waals surface area contributed by atoms with E-state index in [4.69, 9.17) is 4.42 Å². The predicted molar refractivity (Wildman–Crippen MR) is 272 cm³/mol. The lowest BCUT2D eigenvalue weighted by Gasteiger charge is -2.24. The summed E-state index contributed by atoms with van der Waals surface area (Å²) in [4.78, 5) is 95.9. The number of hydrogen-bond acceptors (Lipinski definition) is 15. The van der Waals surface area contributed by atoms with E-state index in [-0.39, 0.29) is 84.4 Å². The maximum atomic E-state index is 13.7. The van der Waals surface area contributed by atoms with Gasteiger partial charge < -0.3 is 34.7 Å².